The molecule has 146 valence electrons. The van der Waals surface area contributed by atoms with Crippen LogP contribution in [0.2, 0.25) is 0 Å². The Labute approximate surface area is 169 Å². The molecule has 0 saturated heterocycles. The Kier molecular flexibility index (Phi) is 6.59. The third kappa shape index (κ3) is 4.66. The first-order chi connectivity index (χ1) is 13.6. The summed E-state index contributed by atoms with van der Waals surface area (Å²) in [7, 11) is 2.19. The highest BCUT2D eigenvalue weighted by Crippen LogP contribution is 2.48. The summed E-state index contributed by atoms with van der Waals surface area (Å²) in [6, 6.07) is 24.3. The topological polar surface area (TPSA) is 41.5 Å². The zero-order valence-corrected chi connectivity index (χ0v) is 17.7. The van der Waals surface area contributed by atoms with E-state index in [2.05, 4.69) is 55.6 Å². The second-order valence-electron chi connectivity index (χ2n) is 7.07. The third-order valence-corrected chi connectivity index (χ3v) is 7.12. The zero-order chi connectivity index (χ0) is 20.0. The Balaban J connectivity index is 1.87. The normalized spacial score (nSPS) is 13.4. The fourth-order valence-electron chi connectivity index (χ4n) is 3.28. The maximum atomic E-state index is 10.5. The molecule has 3 nitrogen and oxygen atoms in total. The van der Waals surface area contributed by atoms with Crippen LogP contribution in [0.25, 0.3) is 0 Å². The molecule has 28 heavy (non-hydrogen) atoms. The highest BCUT2D eigenvalue weighted by Gasteiger charge is 2.29. The molecule has 0 aliphatic carbocycles. The number of aromatic hydroxyl groups is 1. The lowest BCUT2D eigenvalue weighted by Gasteiger charge is -2.31. The number of nitrogens with one attached hydrogen (secondary N) is 1. The highest BCUT2D eigenvalue weighted by atomic mass is 31.1. The Hall–Kier alpha value is -2.51. The maximum Gasteiger partial charge on any atom is 0.119 e. The average molecular weight is 393 g/mol. The van der Waals surface area contributed by atoms with Gasteiger partial charge in [0.05, 0.1) is 7.11 Å². The SMILES string of the molecule is CCC(C)(Pc1ccccc1CNc1ccccc1)c1cc(OC)ccc1O. The average Bonchev–Trinajstić information content (AvgIpc) is 2.74. The maximum absolute atomic E-state index is 10.5. The molecule has 0 fully saturated rings. The van der Waals surface area contributed by atoms with Crippen LogP contribution in [0.5, 0.6) is 11.5 Å². The first-order valence-corrected chi connectivity index (χ1v) is 10.6. The van der Waals surface area contributed by atoms with E-state index in [1.165, 1.54) is 10.9 Å². The van der Waals surface area contributed by atoms with Crippen LogP contribution >= 0.6 is 8.58 Å². The number of phenolic OH excluding ortho intramolecular Hbond substituents is 1. The quantitative estimate of drug-likeness (QED) is 0.487. The summed E-state index contributed by atoms with van der Waals surface area (Å²) < 4.78 is 5.39. The summed E-state index contributed by atoms with van der Waals surface area (Å²) >= 11 is 0. The van der Waals surface area contributed by atoms with Gasteiger partial charge in [-0.2, -0.15) is 0 Å². The fourth-order valence-corrected chi connectivity index (χ4v) is 4.90. The number of phenols is 1. The van der Waals surface area contributed by atoms with Crippen LogP contribution in [0.3, 0.4) is 0 Å². The summed E-state index contributed by atoms with van der Waals surface area (Å²) in [5, 5.41) is 15.2. The number of methoxy groups -OCH3 is 1. The van der Waals surface area contributed by atoms with E-state index in [1.807, 2.05) is 24.3 Å². The molecule has 0 heterocycles. The van der Waals surface area contributed by atoms with E-state index in [9.17, 15) is 5.11 Å². The second kappa shape index (κ2) is 9.12. The molecule has 0 aliphatic rings. The van der Waals surface area contributed by atoms with Crippen LogP contribution in [-0.4, -0.2) is 12.2 Å². The minimum atomic E-state index is -0.165. The summed E-state index contributed by atoms with van der Waals surface area (Å²) in [6.07, 6.45) is 0.923. The molecule has 0 radical (unpaired) electrons. The van der Waals surface area contributed by atoms with Crippen LogP contribution in [-0.2, 0) is 11.7 Å². The van der Waals surface area contributed by atoms with Crippen molar-refractivity contribution in [2.75, 3.05) is 12.4 Å². The van der Waals surface area contributed by atoms with Crippen molar-refractivity contribution in [1.29, 1.82) is 0 Å². The minimum absolute atomic E-state index is 0.165. The van der Waals surface area contributed by atoms with Gasteiger partial charge in [-0.1, -0.05) is 64.9 Å². The first kappa shape index (κ1) is 20.2. The molecule has 0 saturated carbocycles. The van der Waals surface area contributed by atoms with E-state index >= 15 is 0 Å². The molecule has 2 N–H and O–H groups in total. The summed E-state index contributed by atoms with van der Waals surface area (Å²) in [5.41, 5.74) is 3.34. The van der Waals surface area contributed by atoms with E-state index in [0.29, 0.717) is 14.3 Å². The summed E-state index contributed by atoms with van der Waals surface area (Å²) in [4.78, 5) is 0. The molecule has 4 heteroatoms. The Morgan fingerprint density at radius 2 is 1.71 bits per heavy atom. The van der Waals surface area contributed by atoms with Crippen molar-refractivity contribution in [1.82, 2.24) is 0 Å². The smallest absolute Gasteiger partial charge is 0.119 e. The van der Waals surface area contributed by atoms with Gasteiger partial charge >= 0.3 is 0 Å². The van der Waals surface area contributed by atoms with Gasteiger partial charge in [-0.05, 0) is 47.6 Å². The number of anilines is 1. The van der Waals surface area contributed by atoms with Crippen molar-refractivity contribution in [3.05, 3.63) is 83.9 Å². The van der Waals surface area contributed by atoms with Gasteiger partial charge in [0, 0.05) is 23.0 Å². The lowest BCUT2D eigenvalue weighted by atomic mass is 9.96. The molecule has 0 bridgehead atoms. The van der Waals surface area contributed by atoms with Gasteiger partial charge in [-0.15, -0.1) is 0 Å². The summed E-state index contributed by atoms with van der Waals surface area (Å²) in [5.74, 6) is 1.11. The van der Waals surface area contributed by atoms with E-state index in [0.717, 1.165) is 30.0 Å². The van der Waals surface area contributed by atoms with Crippen LogP contribution < -0.4 is 15.4 Å². The third-order valence-electron chi connectivity index (χ3n) is 5.19. The highest BCUT2D eigenvalue weighted by molar-refractivity contribution is 7.48. The second-order valence-corrected chi connectivity index (χ2v) is 8.96. The van der Waals surface area contributed by atoms with Crippen LogP contribution in [0.4, 0.5) is 5.69 Å². The van der Waals surface area contributed by atoms with Gasteiger partial charge in [-0.25, -0.2) is 0 Å². The Morgan fingerprint density at radius 3 is 2.43 bits per heavy atom. The first-order valence-electron chi connectivity index (χ1n) is 9.58. The molecular weight excluding hydrogens is 365 g/mol. The van der Waals surface area contributed by atoms with Crippen LogP contribution in [0.15, 0.2) is 72.8 Å². The number of hydrogen-bond donors (Lipinski definition) is 2. The molecular formula is C24H28NO2P. The van der Waals surface area contributed by atoms with E-state index in [-0.39, 0.29) is 5.16 Å². The number of rotatable bonds is 8. The van der Waals surface area contributed by atoms with Crippen molar-refractivity contribution >= 4 is 19.6 Å². The van der Waals surface area contributed by atoms with Gasteiger partial charge in [0.2, 0.25) is 0 Å². The Bertz CT molecular complexity index is 913. The molecule has 3 aromatic rings. The van der Waals surface area contributed by atoms with Crippen molar-refractivity contribution in [3.8, 4) is 11.5 Å². The molecule has 3 aromatic carbocycles. The number of benzene rings is 3. The van der Waals surface area contributed by atoms with Gasteiger partial charge in [-0.3, -0.25) is 0 Å². The standard InChI is InChI=1S/C24H28NO2P/c1-4-24(2,21-16-20(27-3)14-15-22(21)26)28-23-13-9-8-10-18(23)17-25-19-11-6-5-7-12-19/h5-16,25-26,28H,4,17H2,1-3H3. The number of hydrogen-bond acceptors (Lipinski definition) is 3. The molecule has 0 aliphatic heterocycles. The van der Waals surface area contributed by atoms with Gasteiger partial charge in [0.25, 0.3) is 0 Å². The lowest BCUT2D eigenvalue weighted by molar-refractivity contribution is 0.408. The molecule has 2 unspecified atom stereocenters. The van der Waals surface area contributed by atoms with Crippen molar-refractivity contribution < 1.29 is 9.84 Å². The van der Waals surface area contributed by atoms with E-state index < -0.39 is 0 Å². The van der Waals surface area contributed by atoms with Crippen molar-refractivity contribution in [2.24, 2.45) is 0 Å². The van der Waals surface area contributed by atoms with Crippen LogP contribution in [0, 0.1) is 0 Å². The fraction of sp³-hybridized carbons (Fsp3) is 0.250. The van der Waals surface area contributed by atoms with Crippen molar-refractivity contribution in [2.45, 2.75) is 32.0 Å². The van der Waals surface area contributed by atoms with Gasteiger partial charge in [0.1, 0.15) is 11.5 Å². The molecule has 2 atom stereocenters. The lowest BCUT2D eigenvalue weighted by Crippen LogP contribution is -2.21. The van der Waals surface area contributed by atoms with E-state index in [4.69, 9.17) is 4.74 Å². The van der Waals surface area contributed by atoms with Crippen molar-refractivity contribution in [3.63, 3.8) is 0 Å². The van der Waals surface area contributed by atoms with Gasteiger partial charge < -0.3 is 15.2 Å². The van der Waals surface area contributed by atoms with Gasteiger partial charge in [0.15, 0.2) is 0 Å². The Morgan fingerprint density at radius 1 is 1.00 bits per heavy atom. The minimum Gasteiger partial charge on any atom is -0.508 e. The molecule has 0 amide bonds. The van der Waals surface area contributed by atoms with Crippen LogP contribution in [0.1, 0.15) is 31.4 Å². The molecule has 3 rings (SSSR count). The predicted molar refractivity (Wildman–Crippen MR) is 120 cm³/mol. The number of ether oxygens (including phenoxy) is 1. The molecule has 0 aromatic heterocycles. The largest absolute Gasteiger partial charge is 0.508 e. The predicted octanol–water partition coefficient (Wildman–Crippen LogP) is 5.64. The van der Waals surface area contributed by atoms with E-state index in [1.54, 1.807) is 19.2 Å². The number of para-hydroxylation sites is 1. The monoisotopic (exact) mass is 393 g/mol. The summed E-state index contributed by atoms with van der Waals surface area (Å²) in [6.45, 7) is 5.18. The molecule has 0 spiro atoms. The zero-order valence-electron chi connectivity index (χ0n) is 16.7.